The third-order valence-corrected chi connectivity index (χ3v) is 3.21. The van der Waals surface area contributed by atoms with Crippen LogP contribution in [-0.4, -0.2) is 23.2 Å². The van der Waals surface area contributed by atoms with Crippen LogP contribution in [0.2, 0.25) is 0 Å². The third kappa shape index (κ3) is 3.44. The van der Waals surface area contributed by atoms with Crippen molar-refractivity contribution in [1.29, 1.82) is 0 Å². The van der Waals surface area contributed by atoms with Crippen LogP contribution in [0.4, 0.5) is 0 Å². The first-order valence-electron chi connectivity index (χ1n) is 5.49. The Labute approximate surface area is 108 Å². The van der Waals surface area contributed by atoms with Crippen LogP contribution >= 0.6 is 15.9 Å². The first-order chi connectivity index (χ1) is 8.06. The second kappa shape index (κ2) is 5.06. The van der Waals surface area contributed by atoms with Crippen molar-refractivity contribution in [3.05, 3.63) is 28.2 Å². The van der Waals surface area contributed by atoms with Gasteiger partial charge in [0.25, 0.3) is 0 Å². The second-order valence-corrected chi connectivity index (χ2v) is 5.09. The molecule has 5 heteroatoms. The van der Waals surface area contributed by atoms with E-state index in [1.807, 2.05) is 18.2 Å². The quantitative estimate of drug-likeness (QED) is 0.871. The van der Waals surface area contributed by atoms with Crippen molar-refractivity contribution in [2.75, 3.05) is 0 Å². The Morgan fingerprint density at radius 2 is 2.29 bits per heavy atom. The molecule has 3 N–H and O–H groups in total. The van der Waals surface area contributed by atoms with Gasteiger partial charge in [0.2, 0.25) is 0 Å². The van der Waals surface area contributed by atoms with E-state index in [1.54, 1.807) is 0 Å². The molecule has 1 aliphatic rings. The van der Waals surface area contributed by atoms with E-state index in [4.69, 9.17) is 15.6 Å². The first kappa shape index (κ1) is 12.4. The molecule has 1 aromatic rings. The zero-order chi connectivity index (χ0) is 12.4. The lowest BCUT2D eigenvalue weighted by Crippen LogP contribution is -2.32. The zero-order valence-corrected chi connectivity index (χ0v) is 10.8. The minimum absolute atomic E-state index is 0.317. The van der Waals surface area contributed by atoms with Crippen LogP contribution in [0, 0.1) is 0 Å². The molecule has 0 heterocycles. The average Bonchev–Trinajstić information content (AvgIpc) is 3.06. The lowest BCUT2D eigenvalue weighted by Gasteiger charge is -2.10. The Balaban J connectivity index is 2.04. The fourth-order valence-corrected chi connectivity index (χ4v) is 1.99. The lowest BCUT2D eigenvalue weighted by atomic mass is 10.1. The monoisotopic (exact) mass is 299 g/mol. The predicted octanol–water partition coefficient (Wildman–Crippen LogP) is 1.94. The summed E-state index contributed by atoms with van der Waals surface area (Å²) in [7, 11) is 0. The maximum Gasteiger partial charge on any atom is 0.320 e. The van der Waals surface area contributed by atoms with Gasteiger partial charge in [-0.2, -0.15) is 0 Å². The summed E-state index contributed by atoms with van der Waals surface area (Å²) in [5, 5.41) is 8.73. The third-order valence-electron chi connectivity index (χ3n) is 2.59. The summed E-state index contributed by atoms with van der Waals surface area (Å²) in [5.41, 5.74) is 6.37. The van der Waals surface area contributed by atoms with E-state index >= 15 is 0 Å². The Morgan fingerprint density at radius 1 is 1.59 bits per heavy atom. The van der Waals surface area contributed by atoms with Gasteiger partial charge in [-0.25, -0.2) is 0 Å². The maximum atomic E-state index is 10.6. The highest BCUT2D eigenvalue weighted by atomic mass is 79.9. The summed E-state index contributed by atoms with van der Waals surface area (Å²) in [5.74, 6) is -0.181. The fourth-order valence-electron chi connectivity index (χ4n) is 1.47. The van der Waals surface area contributed by atoms with Gasteiger partial charge in [0, 0.05) is 0 Å². The molecule has 92 valence electrons. The number of aliphatic carboxylic acids is 1. The van der Waals surface area contributed by atoms with Crippen LogP contribution in [0.25, 0.3) is 0 Å². The highest BCUT2D eigenvalue weighted by Gasteiger charge is 2.24. The number of carbonyl (C=O) groups is 1. The van der Waals surface area contributed by atoms with Crippen molar-refractivity contribution in [1.82, 2.24) is 0 Å². The molecule has 1 aromatic carbocycles. The molecule has 0 aliphatic heterocycles. The minimum Gasteiger partial charge on any atom is -0.489 e. The average molecular weight is 300 g/mol. The van der Waals surface area contributed by atoms with E-state index in [2.05, 4.69) is 15.9 Å². The maximum absolute atomic E-state index is 10.6. The summed E-state index contributed by atoms with van der Waals surface area (Å²) >= 11 is 3.42. The molecule has 0 radical (unpaired) electrons. The summed E-state index contributed by atoms with van der Waals surface area (Å²) < 4.78 is 6.52. The van der Waals surface area contributed by atoms with Crippen LogP contribution < -0.4 is 10.5 Å². The molecule has 0 bridgehead atoms. The van der Waals surface area contributed by atoms with Gasteiger partial charge in [0.1, 0.15) is 11.8 Å². The second-order valence-electron chi connectivity index (χ2n) is 4.23. The molecule has 1 saturated carbocycles. The molecule has 1 fully saturated rings. The highest BCUT2D eigenvalue weighted by molar-refractivity contribution is 9.10. The SMILES string of the molecule is NC(Cc1ccc(OC2CC2)c(Br)c1)C(=O)O. The number of benzene rings is 1. The van der Waals surface area contributed by atoms with E-state index < -0.39 is 12.0 Å². The molecule has 1 aliphatic carbocycles. The number of nitrogens with two attached hydrogens (primary N) is 1. The molecule has 1 atom stereocenters. The van der Waals surface area contributed by atoms with E-state index in [-0.39, 0.29) is 0 Å². The van der Waals surface area contributed by atoms with E-state index in [0.717, 1.165) is 28.6 Å². The smallest absolute Gasteiger partial charge is 0.320 e. The van der Waals surface area contributed by atoms with Gasteiger partial charge in [0.15, 0.2) is 0 Å². The van der Waals surface area contributed by atoms with Crippen molar-refractivity contribution in [2.24, 2.45) is 5.73 Å². The van der Waals surface area contributed by atoms with Crippen LogP contribution in [0.15, 0.2) is 22.7 Å². The molecule has 0 aromatic heterocycles. The predicted molar refractivity (Wildman–Crippen MR) is 67.1 cm³/mol. The van der Waals surface area contributed by atoms with E-state index in [0.29, 0.717) is 12.5 Å². The van der Waals surface area contributed by atoms with Crippen LogP contribution in [0.1, 0.15) is 18.4 Å². The fraction of sp³-hybridized carbons (Fsp3) is 0.417. The van der Waals surface area contributed by atoms with Gasteiger partial charge in [-0.1, -0.05) is 6.07 Å². The number of hydrogen-bond donors (Lipinski definition) is 2. The van der Waals surface area contributed by atoms with Crippen LogP contribution in [-0.2, 0) is 11.2 Å². The standard InChI is InChI=1S/C12H14BrNO3/c13-9-5-7(6-10(14)12(15)16)1-4-11(9)17-8-2-3-8/h1,4-5,8,10H,2-3,6,14H2,(H,15,16). The zero-order valence-electron chi connectivity index (χ0n) is 9.23. The molecule has 1 unspecified atom stereocenters. The van der Waals surface area contributed by atoms with E-state index in [9.17, 15) is 4.79 Å². The summed E-state index contributed by atoms with van der Waals surface area (Å²) in [6, 6.07) is 4.70. The molecule has 17 heavy (non-hydrogen) atoms. The number of carboxylic acids is 1. The summed E-state index contributed by atoms with van der Waals surface area (Å²) in [6.07, 6.45) is 2.88. The van der Waals surface area contributed by atoms with Crippen LogP contribution in [0.5, 0.6) is 5.75 Å². The Kier molecular flexibility index (Phi) is 3.69. The van der Waals surface area contributed by atoms with Crippen LogP contribution in [0.3, 0.4) is 0 Å². The van der Waals surface area contributed by atoms with Gasteiger partial charge >= 0.3 is 5.97 Å². The molecule has 0 spiro atoms. The largest absolute Gasteiger partial charge is 0.489 e. The number of hydrogen-bond acceptors (Lipinski definition) is 3. The van der Waals surface area contributed by atoms with Gasteiger partial charge in [0.05, 0.1) is 10.6 Å². The lowest BCUT2D eigenvalue weighted by molar-refractivity contribution is -0.138. The Bertz CT molecular complexity index is 432. The van der Waals surface area contributed by atoms with Gasteiger partial charge in [-0.3, -0.25) is 4.79 Å². The van der Waals surface area contributed by atoms with Crippen molar-refractivity contribution < 1.29 is 14.6 Å². The molecule has 2 rings (SSSR count). The summed E-state index contributed by atoms with van der Waals surface area (Å²) in [4.78, 5) is 10.6. The first-order valence-corrected chi connectivity index (χ1v) is 6.29. The van der Waals surface area contributed by atoms with Gasteiger partial charge < -0.3 is 15.6 Å². The van der Waals surface area contributed by atoms with E-state index in [1.165, 1.54) is 0 Å². The number of carboxylic acid groups (broad SMARTS) is 1. The van der Waals surface area contributed by atoms with Gasteiger partial charge in [-0.15, -0.1) is 0 Å². The van der Waals surface area contributed by atoms with Crippen molar-refractivity contribution >= 4 is 21.9 Å². The minimum atomic E-state index is -0.987. The molecular formula is C12H14BrNO3. The molecule has 4 nitrogen and oxygen atoms in total. The number of rotatable bonds is 5. The Hall–Kier alpha value is -1.07. The van der Waals surface area contributed by atoms with Crippen molar-refractivity contribution in [3.63, 3.8) is 0 Å². The van der Waals surface area contributed by atoms with Gasteiger partial charge in [-0.05, 0) is 52.9 Å². The van der Waals surface area contributed by atoms with Crippen molar-refractivity contribution in [3.8, 4) is 5.75 Å². The highest BCUT2D eigenvalue weighted by Crippen LogP contribution is 2.32. The summed E-state index contributed by atoms with van der Waals surface area (Å²) in [6.45, 7) is 0. The molecule has 0 amide bonds. The number of halogens is 1. The molecular weight excluding hydrogens is 286 g/mol. The number of ether oxygens (including phenoxy) is 1. The molecule has 0 saturated heterocycles. The Morgan fingerprint density at radius 3 is 2.82 bits per heavy atom. The van der Waals surface area contributed by atoms with Crippen molar-refractivity contribution in [2.45, 2.75) is 31.4 Å². The normalized spacial score (nSPS) is 16.6. The topological polar surface area (TPSA) is 72.5 Å².